The van der Waals surface area contributed by atoms with Crippen LogP contribution in [0.1, 0.15) is 0 Å². The summed E-state index contributed by atoms with van der Waals surface area (Å²) in [6, 6.07) is 0. The number of hydrogen-bond donors (Lipinski definition) is 7. The van der Waals surface area contributed by atoms with Crippen molar-refractivity contribution in [1.29, 1.82) is 0 Å². The van der Waals surface area contributed by atoms with Gasteiger partial charge in [0.05, 0.1) is 5.92 Å². The normalized spacial score (nSPS) is 63.6. The number of aliphatic imine (C=N–C) groups is 1. The van der Waals surface area contributed by atoms with Crippen molar-refractivity contribution < 1.29 is 35.0 Å². The molecule has 8 N–H and O–H groups in total. The first-order valence-corrected chi connectivity index (χ1v) is 6.23. The van der Waals surface area contributed by atoms with Crippen LogP contribution in [0.5, 0.6) is 0 Å². The summed E-state index contributed by atoms with van der Waals surface area (Å²) in [5, 5.41) is 53.7. The van der Waals surface area contributed by atoms with Crippen LogP contribution >= 0.6 is 0 Å². The highest BCUT2D eigenvalue weighted by Crippen LogP contribution is 2.55. The third-order valence-corrected chi connectivity index (χ3v) is 4.72. The summed E-state index contributed by atoms with van der Waals surface area (Å²) in [6.07, 6.45) is -8.06. The number of nitrogens with zero attached hydrogens (tertiary/aromatic N) is 1. The van der Waals surface area contributed by atoms with Crippen molar-refractivity contribution in [2.24, 2.45) is 16.6 Å². The van der Waals surface area contributed by atoms with Crippen LogP contribution in [-0.4, -0.2) is 79.8 Å². The Kier molecular flexibility index (Phi) is 2.17. The molecule has 4 heterocycles. The van der Waals surface area contributed by atoms with E-state index in [0.29, 0.717) is 0 Å². The van der Waals surface area contributed by atoms with E-state index in [1.165, 1.54) is 0 Å². The van der Waals surface area contributed by atoms with Gasteiger partial charge in [0.2, 0.25) is 0 Å². The molecule has 5 aliphatic rings. The Balaban J connectivity index is 1.92. The highest BCUT2D eigenvalue weighted by Gasteiger charge is 2.79. The number of hydrogen-bond acceptors (Lipinski definition) is 10. The first kappa shape index (κ1) is 12.7. The zero-order valence-electron chi connectivity index (χ0n) is 10.1. The second kappa shape index (κ2) is 3.42. The highest BCUT2D eigenvalue weighted by molar-refractivity contribution is 5.80. The van der Waals surface area contributed by atoms with Gasteiger partial charge in [-0.05, 0) is 0 Å². The Hall–Kier alpha value is -1.01. The van der Waals surface area contributed by atoms with Gasteiger partial charge in [-0.3, -0.25) is 0 Å². The van der Waals surface area contributed by atoms with Gasteiger partial charge >= 0.3 is 5.97 Å². The van der Waals surface area contributed by atoms with Crippen molar-refractivity contribution in [3.63, 3.8) is 0 Å². The lowest BCUT2D eigenvalue weighted by molar-refractivity contribution is -0.532. The molecule has 20 heavy (non-hydrogen) atoms. The van der Waals surface area contributed by atoms with E-state index in [0.717, 1.165) is 0 Å². The number of guanidine groups is 1. The Bertz CT molecular complexity index is 503. The molecule has 4 aliphatic heterocycles. The third kappa shape index (κ3) is 1.13. The average Bonchev–Trinajstić information content (AvgIpc) is 2.36. The van der Waals surface area contributed by atoms with Crippen LogP contribution in [0.2, 0.25) is 0 Å². The van der Waals surface area contributed by atoms with Gasteiger partial charge in [0, 0.05) is 0 Å². The zero-order chi connectivity index (χ0) is 14.4. The molecule has 1 aliphatic carbocycles. The molecule has 0 aromatic heterocycles. The minimum atomic E-state index is -2.38. The highest BCUT2D eigenvalue weighted by atomic mass is 16.9. The zero-order valence-corrected chi connectivity index (χ0v) is 10.1. The van der Waals surface area contributed by atoms with Gasteiger partial charge < -0.3 is 46.1 Å². The summed E-state index contributed by atoms with van der Waals surface area (Å²) in [5.41, 5.74) is 3.95. The monoisotopic (exact) mass is 289 g/mol. The molecule has 4 fully saturated rings. The number of nitrogens with one attached hydrogen (secondary N) is 1. The number of ether oxygens (including phenoxy) is 2. The van der Waals surface area contributed by atoms with E-state index in [9.17, 15) is 25.5 Å². The number of rotatable bonds is 0. The van der Waals surface area contributed by atoms with Gasteiger partial charge in [-0.15, -0.1) is 0 Å². The standard InChI is InChI=1S/C10H15N3O7/c11-8-12-6(16)1-3-2(14)4-5(15)9(1,13-8)7(17)10(18,19-3)20-4/h1-7,14-18H,(H3,11,12,13)/t1?,2-,3?,4?,5+,6?,7-,9+,10?/m0/s1. The van der Waals surface area contributed by atoms with Crippen molar-refractivity contribution in [1.82, 2.24) is 5.32 Å². The molecule has 112 valence electrons. The molecular formula is C10H15N3O7. The topological polar surface area (TPSA) is 170 Å². The van der Waals surface area contributed by atoms with E-state index in [2.05, 4.69) is 10.3 Å². The minimum absolute atomic E-state index is 0.188. The Labute approximate surface area is 112 Å². The second-order valence-corrected chi connectivity index (χ2v) is 5.65. The minimum Gasteiger partial charge on any atom is -0.388 e. The Morgan fingerprint density at radius 3 is 2.50 bits per heavy atom. The molecule has 0 aromatic carbocycles. The summed E-state index contributed by atoms with van der Waals surface area (Å²) in [7, 11) is 0. The molecule has 4 bridgehead atoms. The fraction of sp³-hybridized carbons (Fsp3) is 0.900. The van der Waals surface area contributed by atoms with Gasteiger partial charge in [0.15, 0.2) is 18.3 Å². The average molecular weight is 289 g/mol. The summed E-state index contributed by atoms with van der Waals surface area (Å²) >= 11 is 0. The van der Waals surface area contributed by atoms with Crippen LogP contribution in [0, 0.1) is 5.92 Å². The van der Waals surface area contributed by atoms with Gasteiger partial charge in [0.25, 0.3) is 0 Å². The summed E-state index contributed by atoms with van der Waals surface area (Å²) in [4.78, 5) is 3.71. The molecule has 1 spiro atoms. The van der Waals surface area contributed by atoms with E-state index >= 15 is 0 Å². The number of nitrogens with two attached hydrogens (primary N) is 1. The van der Waals surface area contributed by atoms with Crippen molar-refractivity contribution in [3.8, 4) is 0 Å². The molecule has 5 unspecified atom stereocenters. The molecule has 0 aromatic rings. The van der Waals surface area contributed by atoms with Gasteiger partial charge in [-0.2, -0.15) is 0 Å². The van der Waals surface area contributed by atoms with Crippen LogP contribution < -0.4 is 11.1 Å². The van der Waals surface area contributed by atoms with E-state index in [-0.39, 0.29) is 5.96 Å². The van der Waals surface area contributed by atoms with E-state index < -0.39 is 54.2 Å². The number of aliphatic hydroxyl groups excluding tert-OH is 4. The lowest BCUT2D eigenvalue weighted by atomic mass is 9.59. The van der Waals surface area contributed by atoms with Crippen LogP contribution in [0.4, 0.5) is 0 Å². The molecule has 0 amide bonds. The maximum absolute atomic E-state index is 10.4. The first-order valence-electron chi connectivity index (χ1n) is 6.23. The summed E-state index contributed by atoms with van der Waals surface area (Å²) in [6.45, 7) is 0. The maximum atomic E-state index is 10.4. The largest absolute Gasteiger partial charge is 0.388 e. The van der Waals surface area contributed by atoms with Crippen molar-refractivity contribution in [3.05, 3.63) is 0 Å². The predicted octanol–water partition coefficient (Wildman–Crippen LogP) is -4.88. The first-order chi connectivity index (χ1) is 9.31. The van der Waals surface area contributed by atoms with Crippen LogP contribution in [0.3, 0.4) is 0 Å². The van der Waals surface area contributed by atoms with Crippen molar-refractivity contribution >= 4 is 5.96 Å². The quantitative estimate of drug-likeness (QED) is 0.231. The lowest BCUT2D eigenvalue weighted by Gasteiger charge is -2.68. The van der Waals surface area contributed by atoms with Crippen LogP contribution in [-0.2, 0) is 9.47 Å². The van der Waals surface area contributed by atoms with E-state index in [1.807, 2.05) is 0 Å². The fourth-order valence-corrected chi connectivity index (χ4v) is 3.92. The predicted molar refractivity (Wildman–Crippen MR) is 59.7 cm³/mol. The molecule has 5 rings (SSSR count). The van der Waals surface area contributed by atoms with Crippen molar-refractivity contribution in [2.45, 2.75) is 48.3 Å². The Morgan fingerprint density at radius 2 is 1.80 bits per heavy atom. The SMILES string of the molecule is NC1=NC(O)C2C3OC4(O)OC([C@H]3O)[C@@H](O)[C@@]2(N1)[C@@H]4O. The van der Waals surface area contributed by atoms with Crippen LogP contribution in [0.25, 0.3) is 0 Å². The van der Waals surface area contributed by atoms with Gasteiger partial charge in [-0.1, -0.05) is 0 Å². The molecule has 3 saturated heterocycles. The van der Waals surface area contributed by atoms with E-state index in [4.69, 9.17) is 15.2 Å². The third-order valence-electron chi connectivity index (χ3n) is 4.72. The lowest BCUT2D eigenvalue weighted by Crippen LogP contribution is -2.92. The smallest absolute Gasteiger partial charge is 0.311 e. The summed E-state index contributed by atoms with van der Waals surface area (Å²) < 4.78 is 10.2. The van der Waals surface area contributed by atoms with Crippen LogP contribution in [0.15, 0.2) is 4.99 Å². The molecule has 0 radical (unpaired) electrons. The van der Waals surface area contributed by atoms with Gasteiger partial charge in [0.1, 0.15) is 30.0 Å². The second-order valence-electron chi connectivity index (χ2n) is 5.65. The molecule has 9 atom stereocenters. The number of aliphatic hydroxyl groups is 5. The van der Waals surface area contributed by atoms with Crippen molar-refractivity contribution in [2.75, 3.05) is 0 Å². The molecule has 10 nitrogen and oxygen atoms in total. The maximum Gasteiger partial charge on any atom is 0.311 e. The fourth-order valence-electron chi connectivity index (χ4n) is 3.92. The molecular weight excluding hydrogens is 274 g/mol. The molecule has 1 saturated carbocycles. The molecule has 10 heteroatoms. The van der Waals surface area contributed by atoms with Gasteiger partial charge in [-0.25, -0.2) is 4.99 Å². The van der Waals surface area contributed by atoms with E-state index in [1.54, 1.807) is 0 Å². The summed E-state index contributed by atoms with van der Waals surface area (Å²) in [5.74, 6) is -3.56. The Morgan fingerprint density at radius 1 is 1.15 bits per heavy atom.